The molecule has 1 heterocycles. The fraction of sp³-hybridized carbons (Fsp3) is 0.429. The Labute approximate surface area is 138 Å². The number of hydrogen-bond donors (Lipinski definition) is 2. The fourth-order valence-corrected chi connectivity index (χ4v) is 3.57. The zero-order valence-electron chi connectivity index (χ0n) is 12.4. The van der Waals surface area contributed by atoms with Gasteiger partial charge < -0.3 is 11.5 Å². The van der Waals surface area contributed by atoms with Gasteiger partial charge in [-0.25, -0.2) is 4.99 Å². The van der Waals surface area contributed by atoms with E-state index in [-0.39, 0.29) is 22.6 Å². The molecule has 23 heavy (non-hydrogen) atoms. The highest BCUT2D eigenvalue weighted by Crippen LogP contribution is 2.44. The molecule has 0 saturated heterocycles. The predicted octanol–water partition coefficient (Wildman–Crippen LogP) is 2.36. The molecule has 1 spiro atoms. The molecule has 1 saturated carbocycles. The molecule has 9 heteroatoms. The van der Waals surface area contributed by atoms with E-state index < -0.39 is 10.6 Å². The molecule has 0 amide bonds. The van der Waals surface area contributed by atoms with Crippen LogP contribution >= 0.6 is 11.6 Å². The predicted molar refractivity (Wildman–Crippen MR) is 89.6 cm³/mol. The lowest BCUT2D eigenvalue weighted by atomic mass is 9.87. The number of hydrogen-bond acceptors (Lipinski definition) is 7. The number of rotatable bonds is 2. The van der Waals surface area contributed by atoms with Crippen molar-refractivity contribution in [3.05, 3.63) is 33.3 Å². The van der Waals surface area contributed by atoms with Crippen LogP contribution in [0, 0.1) is 10.1 Å². The Kier molecular flexibility index (Phi) is 3.85. The molecule has 0 unspecified atom stereocenters. The second kappa shape index (κ2) is 5.69. The number of nitrogens with zero attached hydrogens (tertiary/aromatic N) is 4. The van der Waals surface area contributed by atoms with Crippen molar-refractivity contribution in [2.24, 2.45) is 21.5 Å². The van der Waals surface area contributed by atoms with E-state index in [2.05, 4.69) is 9.98 Å². The first kappa shape index (κ1) is 15.5. The van der Waals surface area contributed by atoms with Crippen molar-refractivity contribution in [3.63, 3.8) is 0 Å². The molecule has 0 atom stereocenters. The molecule has 1 aromatic carbocycles. The molecule has 1 aliphatic carbocycles. The third-order valence-electron chi connectivity index (χ3n) is 4.24. The maximum absolute atomic E-state index is 11.5. The highest BCUT2D eigenvalue weighted by molar-refractivity contribution is 6.33. The average molecular weight is 337 g/mol. The van der Waals surface area contributed by atoms with Crippen molar-refractivity contribution in [3.8, 4) is 0 Å². The first-order valence-corrected chi connectivity index (χ1v) is 7.75. The average Bonchev–Trinajstić information content (AvgIpc) is 2.46. The Morgan fingerprint density at radius 1 is 1.26 bits per heavy atom. The standard InChI is InChI=1S/C14H17ClN6O2/c15-9-5-4-6-10(11(9)21(22)23)20-13(17)18-12(16)19-14(20)7-2-1-3-8-14/h4-6H,1-3,7-8H2,(H4,16,17,18,19). The van der Waals surface area contributed by atoms with Gasteiger partial charge in [0.05, 0.1) is 4.92 Å². The summed E-state index contributed by atoms with van der Waals surface area (Å²) in [6.07, 6.45) is 4.37. The van der Waals surface area contributed by atoms with E-state index in [1.807, 2.05) is 0 Å². The van der Waals surface area contributed by atoms with Crippen LogP contribution in [0.2, 0.25) is 5.02 Å². The Morgan fingerprint density at radius 3 is 2.61 bits per heavy atom. The SMILES string of the molecule is NC1=NC2(CCCCC2)N(c2cccc(Cl)c2[N+](=O)[O-])C(N)=N1. The van der Waals surface area contributed by atoms with Gasteiger partial charge >= 0.3 is 5.69 Å². The fourth-order valence-electron chi connectivity index (χ4n) is 3.33. The van der Waals surface area contributed by atoms with E-state index in [1.54, 1.807) is 17.0 Å². The van der Waals surface area contributed by atoms with E-state index >= 15 is 0 Å². The van der Waals surface area contributed by atoms with Gasteiger partial charge in [0, 0.05) is 0 Å². The highest BCUT2D eigenvalue weighted by atomic mass is 35.5. The summed E-state index contributed by atoms with van der Waals surface area (Å²) in [5.41, 5.74) is 11.2. The summed E-state index contributed by atoms with van der Waals surface area (Å²) in [6.45, 7) is 0. The minimum Gasteiger partial charge on any atom is -0.369 e. The van der Waals surface area contributed by atoms with Crippen molar-refractivity contribution in [1.82, 2.24) is 0 Å². The van der Waals surface area contributed by atoms with Gasteiger partial charge in [0.1, 0.15) is 16.4 Å². The number of aliphatic imine (C=N–C) groups is 2. The maximum atomic E-state index is 11.5. The zero-order valence-corrected chi connectivity index (χ0v) is 13.2. The maximum Gasteiger partial charge on any atom is 0.311 e. The molecular weight excluding hydrogens is 320 g/mol. The molecule has 1 aromatic rings. The van der Waals surface area contributed by atoms with Crippen LogP contribution in [0.4, 0.5) is 11.4 Å². The second-order valence-electron chi connectivity index (χ2n) is 5.68. The van der Waals surface area contributed by atoms with Crippen LogP contribution in [0.15, 0.2) is 28.2 Å². The molecule has 1 aliphatic heterocycles. The van der Waals surface area contributed by atoms with Gasteiger partial charge in [-0.05, 0) is 37.8 Å². The summed E-state index contributed by atoms with van der Waals surface area (Å²) < 4.78 is 0. The molecule has 1 fully saturated rings. The molecule has 122 valence electrons. The summed E-state index contributed by atoms with van der Waals surface area (Å²) in [4.78, 5) is 21.1. The van der Waals surface area contributed by atoms with Crippen LogP contribution in [0.5, 0.6) is 0 Å². The highest BCUT2D eigenvalue weighted by Gasteiger charge is 2.45. The summed E-state index contributed by atoms with van der Waals surface area (Å²) in [6, 6.07) is 4.74. The summed E-state index contributed by atoms with van der Waals surface area (Å²) in [5, 5.41) is 11.5. The van der Waals surface area contributed by atoms with Crippen molar-refractivity contribution < 1.29 is 4.92 Å². The van der Waals surface area contributed by atoms with E-state index in [1.165, 1.54) is 6.07 Å². The lowest BCUT2D eigenvalue weighted by Crippen LogP contribution is -2.58. The molecule has 0 bridgehead atoms. The van der Waals surface area contributed by atoms with Gasteiger partial charge in [0.15, 0.2) is 0 Å². The minimum atomic E-state index is -0.733. The van der Waals surface area contributed by atoms with Crippen molar-refractivity contribution >= 4 is 34.9 Å². The second-order valence-corrected chi connectivity index (χ2v) is 6.09. The van der Waals surface area contributed by atoms with Crippen molar-refractivity contribution in [1.29, 1.82) is 0 Å². The molecule has 4 N–H and O–H groups in total. The van der Waals surface area contributed by atoms with Gasteiger partial charge in [0.2, 0.25) is 11.9 Å². The third kappa shape index (κ3) is 2.59. The van der Waals surface area contributed by atoms with Gasteiger partial charge in [-0.15, -0.1) is 0 Å². The summed E-state index contributed by atoms with van der Waals surface area (Å²) in [5.74, 6) is 0.204. The quantitative estimate of drug-likeness (QED) is 0.633. The number of guanidine groups is 2. The third-order valence-corrected chi connectivity index (χ3v) is 4.55. The van der Waals surface area contributed by atoms with Crippen LogP contribution in [0.25, 0.3) is 0 Å². The Bertz CT molecular complexity index is 711. The number of anilines is 1. The summed E-state index contributed by atoms with van der Waals surface area (Å²) in [7, 11) is 0. The molecule has 8 nitrogen and oxygen atoms in total. The van der Waals surface area contributed by atoms with Crippen LogP contribution in [0.1, 0.15) is 32.1 Å². The first-order valence-electron chi connectivity index (χ1n) is 7.37. The monoisotopic (exact) mass is 336 g/mol. The van der Waals surface area contributed by atoms with E-state index in [0.717, 1.165) is 19.3 Å². The number of halogens is 1. The molecular formula is C14H17ClN6O2. The number of benzene rings is 1. The largest absolute Gasteiger partial charge is 0.369 e. The van der Waals surface area contributed by atoms with Crippen LogP contribution < -0.4 is 16.4 Å². The summed E-state index contributed by atoms with van der Waals surface area (Å²) >= 11 is 6.04. The Hall–Kier alpha value is -2.35. The normalized spacial score (nSPS) is 20.1. The van der Waals surface area contributed by atoms with Crippen molar-refractivity contribution in [2.75, 3.05) is 4.90 Å². The Morgan fingerprint density at radius 2 is 1.96 bits per heavy atom. The van der Waals surface area contributed by atoms with Crippen LogP contribution in [0.3, 0.4) is 0 Å². The van der Waals surface area contributed by atoms with Gasteiger partial charge in [-0.3, -0.25) is 15.0 Å². The van der Waals surface area contributed by atoms with Crippen LogP contribution in [-0.4, -0.2) is 22.5 Å². The number of para-hydroxylation sites is 1. The molecule has 3 rings (SSSR count). The first-order chi connectivity index (χ1) is 10.9. The number of nitro benzene ring substituents is 1. The van der Waals surface area contributed by atoms with E-state index in [0.29, 0.717) is 18.5 Å². The topological polar surface area (TPSA) is 123 Å². The Balaban J connectivity index is 2.19. The van der Waals surface area contributed by atoms with Crippen LogP contribution in [-0.2, 0) is 0 Å². The number of nitrogens with two attached hydrogens (primary N) is 2. The molecule has 0 radical (unpaired) electrons. The van der Waals surface area contributed by atoms with Gasteiger partial charge in [-0.2, -0.15) is 4.99 Å². The number of nitro groups is 1. The van der Waals surface area contributed by atoms with Crippen molar-refractivity contribution in [2.45, 2.75) is 37.8 Å². The lowest BCUT2D eigenvalue weighted by molar-refractivity contribution is -0.384. The van der Waals surface area contributed by atoms with Gasteiger partial charge in [0.25, 0.3) is 0 Å². The smallest absolute Gasteiger partial charge is 0.311 e. The van der Waals surface area contributed by atoms with E-state index in [9.17, 15) is 10.1 Å². The molecule has 2 aliphatic rings. The lowest BCUT2D eigenvalue weighted by Gasteiger charge is -2.45. The molecule has 0 aromatic heterocycles. The van der Waals surface area contributed by atoms with Gasteiger partial charge in [-0.1, -0.05) is 24.1 Å². The zero-order chi connectivity index (χ0) is 16.6. The minimum absolute atomic E-state index is 0.0498. The van der Waals surface area contributed by atoms with E-state index in [4.69, 9.17) is 23.1 Å².